The third-order valence-electron chi connectivity index (χ3n) is 4.56. The zero-order valence-electron chi connectivity index (χ0n) is 16.8. The molecule has 1 atom stereocenters. The van der Waals surface area contributed by atoms with Gasteiger partial charge in [0.15, 0.2) is 5.16 Å². The molecule has 2 aromatic heterocycles. The van der Waals surface area contributed by atoms with Gasteiger partial charge in [0.2, 0.25) is 0 Å². The van der Waals surface area contributed by atoms with E-state index >= 15 is 0 Å². The summed E-state index contributed by atoms with van der Waals surface area (Å²) in [4.78, 5) is 30.7. The predicted octanol–water partition coefficient (Wildman–Crippen LogP) is 5.05. The number of esters is 1. The Bertz CT molecular complexity index is 1080. The molecule has 3 aromatic rings. The Hall–Kier alpha value is -2.38. The second-order valence-electron chi connectivity index (χ2n) is 6.79. The van der Waals surface area contributed by atoms with E-state index in [9.17, 15) is 9.59 Å². The summed E-state index contributed by atoms with van der Waals surface area (Å²) in [7, 11) is 0. The Morgan fingerprint density at radius 3 is 2.76 bits per heavy atom. The maximum atomic E-state index is 13.3. The molecule has 0 bridgehead atoms. The summed E-state index contributed by atoms with van der Waals surface area (Å²) >= 11 is 2.66. The molecule has 3 rings (SSSR count). The number of benzene rings is 1. The molecule has 0 saturated heterocycles. The van der Waals surface area contributed by atoms with Gasteiger partial charge in [0, 0.05) is 17.5 Å². The van der Waals surface area contributed by atoms with E-state index in [1.807, 2.05) is 50.4 Å². The molecule has 1 aromatic carbocycles. The van der Waals surface area contributed by atoms with Crippen LogP contribution in [0.1, 0.15) is 25.8 Å². The maximum Gasteiger partial charge on any atom is 0.316 e. The molecular formula is C22H24N2O3S2. The molecule has 0 spiro atoms. The van der Waals surface area contributed by atoms with Crippen molar-refractivity contribution in [1.29, 1.82) is 0 Å². The third-order valence-corrected chi connectivity index (χ3v) is 6.38. The molecule has 7 heteroatoms. The van der Waals surface area contributed by atoms with E-state index in [2.05, 4.69) is 11.6 Å². The van der Waals surface area contributed by atoms with Crippen LogP contribution in [0.5, 0.6) is 0 Å². The molecule has 0 radical (unpaired) electrons. The lowest BCUT2D eigenvalue weighted by molar-refractivity contribution is -0.144. The molecule has 0 saturated carbocycles. The van der Waals surface area contributed by atoms with Crippen LogP contribution in [0.4, 0.5) is 0 Å². The highest BCUT2D eigenvalue weighted by atomic mass is 32.2. The van der Waals surface area contributed by atoms with Crippen LogP contribution in [0.25, 0.3) is 21.3 Å². The number of fused-ring (bicyclic) bond motifs is 1. The lowest BCUT2D eigenvalue weighted by atomic mass is 10.1. The van der Waals surface area contributed by atoms with Crippen molar-refractivity contribution in [3.8, 4) is 11.1 Å². The number of aromatic nitrogens is 2. The molecule has 0 amide bonds. The van der Waals surface area contributed by atoms with Crippen LogP contribution >= 0.6 is 23.1 Å². The summed E-state index contributed by atoms with van der Waals surface area (Å²) in [5.41, 5.74) is 2.92. The van der Waals surface area contributed by atoms with Crippen LogP contribution in [-0.4, -0.2) is 27.4 Å². The molecule has 1 unspecified atom stereocenters. The monoisotopic (exact) mass is 428 g/mol. The normalized spacial score (nSPS) is 12.1. The summed E-state index contributed by atoms with van der Waals surface area (Å²) in [5.74, 6) is -0.203. The molecule has 2 heterocycles. The van der Waals surface area contributed by atoms with Crippen molar-refractivity contribution in [2.75, 3.05) is 5.75 Å². The van der Waals surface area contributed by atoms with E-state index in [0.29, 0.717) is 21.9 Å². The zero-order chi connectivity index (χ0) is 21.0. The number of aryl methyl sites for hydroxylation is 1. The first-order chi connectivity index (χ1) is 13.9. The first-order valence-electron chi connectivity index (χ1n) is 9.46. The largest absolute Gasteiger partial charge is 0.462 e. The minimum Gasteiger partial charge on any atom is -0.462 e. The molecule has 0 aliphatic rings. The van der Waals surface area contributed by atoms with E-state index in [1.54, 1.807) is 10.6 Å². The van der Waals surface area contributed by atoms with Gasteiger partial charge in [-0.1, -0.05) is 54.6 Å². The number of nitrogens with zero attached hydrogens (tertiary/aromatic N) is 2. The molecule has 0 aliphatic carbocycles. The summed E-state index contributed by atoms with van der Waals surface area (Å²) in [6.45, 7) is 9.94. The predicted molar refractivity (Wildman–Crippen MR) is 121 cm³/mol. The third kappa shape index (κ3) is 4.79. The minimum absolute atomic E-state index is 0.107. The summed E-state index contributed by atoms with van der Waals surface area (Å²) in [5, 5.41) is 3.07. The van der Waals surface area contributed by atoms with E-state index in [4.69, 9.17) is 4.74 Å². The number of hydrogen-bond donors (Lipinski definition) is 0. The van der Waals surface area contributed by atoms with Gasteiger partial charge in [-0.05, 0) is 25.8 Å². The van der Waals surface area contributed by atoms with Crippen LogP contribution in [0, 0.1) is 6.92 Å². The maximum absolute atomic E-state index is 13.3. The highest BCUT2D eigenvalue weighted by Gasteiger charge is 2.18. The van der Waals surface area contributed by atoms with Crippen molar-refractivity contribution >= 4 is 39.3 Å². The van der Waals surface area contributed by atoms with Crippen LogP contribution in [0.2, 0.25) is 0 Å². The average molecular weight is 429 g/mol. The fourth-order valence-electron chi connectivity index (χ4n) is 2.82. The van der Waals surface area contributed by atoms with Crippen molar-refractivity contribution in [3.63, 3.8) is 0 Å². The average Bonchev–Trinajstić information content (AvgIpc) is 3.13. The lowest BCUT2D eigenvalue weighted by Crippen LogP contribution is -2.23. The van der Waals surface area contributed by atoms with E-state index in [1.165, 1.54) is 28.7 Å². The van der Waals surface area contributed by atoms with E-state index in [-0.39, 0.29) is 23.4 Å². The molecule has 0 fully saturated rings. The number of allylic oxidation sites excluding steroid dienone is 1. The second kappa shape index (κ2) is 9.41. The van der Waals surface area contributed by atoms with Gasteiger partial charge in [0.1, 0.15) is 4.83 Å². The first kappa shape index (κ1) is 21.3. The Balaban J connectivity index is 1.98. The minimum atomic E-state index is -0.310. The number of carbonyl (C=O) groups is 1. The lowest BCUT2D eigenvalue weighted by Gasteiger charge is -2.12. The fourth-order valence-corrected chi connectivity index (χ4v) is 4.60. The van der Waals surface area contributed by atoms with E-state index in [0.717, 1.165) is 17.5 Å². The highest BCUT2D eigenvalue weighted by Crippen LogP contribution is 2.32. The topological polar surface area (TPSA) is 61.2 Å². The number of thiophene rings is 1. The van der Waals surface area contributed by atoms with Crippen molar-refractivity contribution in [3.05, 3.63) is 58.2 Å². The van der Waals surface area contributed by atoms with Crippen LogP contribution in [0.3, 0.4) is 0 Å². The second-order valence-corrected chi connectivity index (χ2v) is 8.59. The Kier molecular flexibility index (Phi) is 6.92. The quantitative estimate of drug-likeness (QED) is 0.217. The Morgan fingerprint density at radius 1 is 1.38 bits per heavy atom. The van der Waals surface area contributed by atoms with Gasteiger partial charge in [-0.25, -0.2) is 4.98 Å². The van der Waals surface area contributed by atoms with Gasteiger partial charge in [0.25, 0.3) is 5.56 Å². The molecular weight excluding hydrogens is 404 g/mol. The molecule has 29 heavy (non-hydrogen) atoms. The van der Waals surface area contributed by atoms with Crippen molar-refractivity contribution in [2.45, 2.75) is 45.0 Å². The Morgan fingerprint density at radius 2 is 2.10 bits per heavy atom. The zero-order valence-corrected chi connectivity index (χ0v) is 18.4. The number of carbonyl (C=O) groups excluding carboxylic acids is 1. The number of thioether (sulfide) groups is 1. The van der Waals surface area contributed by atoms with Gasteiger partial charge in [-0.15, -0.1) is 17.9 Å². The van der Waals surface area contributed by atoms with Gasteiger partial charge >= 0.3 is 5.97 Å². The fraction of sp³-hybridized carbons (Fsp3) is 0.318. The summed E-state index contributed by atoms with van der Waals surface area (Å²) in [6.07, 6.45) is 2.30. The molecule has 152 valence electrons. The number of ether oxygens (including phenoxy) is 1. The van der Waals surface area contributed by atoms with Crippen molar-refractivity contribution in [2.24, 2.45) is 0 Å². The molecule has 0 N–H and O–H groups in total. The van der Waals surface area contributed by atoms with Crippen LogP contribution in [0.15, 0.2) is 52.3 Å². The number of hydrogen-bond acceptors (Lipinski definition) is 6. The van der Waals surface area contributed by atoms with Gasteiger partial charge in [-0.2, -0.15) is 0 Å². The highest BCUT2D eigenvalue weighted by molar-refractivity contribution is 7.99. The van der Waals surface area contributed by atoms with Gasteiger partial charge in [0.05, 0.1) is 17.2 Å². The van der Waals surface area contributed by atoms with Gasteiger partial charge < -0.3 is 4.74 Å². The number of rotatable bonds is 8. The van der Waals surface area contributed by atoms with Crippen molar-refractivity contribution in [1.82, 2.24) is 9.55 Å². The SMILES string of the molecule is C=CCn1c(SCC(=O)OC(C)CC)nc2scc(-c3ccc(C)cc3)c2c1=O. The van der Waals surface area contributed by atoms with Crippen LogP contribution in [-0.2, 0) is 16.1 Å². The van der Waals surface area contributed by atoms with E-state index < -0.39 is 0 Å². The standard InChI is InChI=1S/C22H24N2O3S2/c1-5-11-24-21(26)19-17(16-9-7-14(3)8-10-16)12-28-20(19)23-22(24)29-13-18(25)27-15(4)6-2/h5,7-10,12,15H,1,6,11,13H2,2-4H3. The smallest absolute Gasteiger partial charge is 0.316 e. The van der Waals surface area contributed by atoms with Gasteiger partial charge in [-0.3, -0.25) is 14.2 Å². The summed E-state index contributed by atoms with van der Waals surface area (Å²) < 4.78 is 6.89. The summed E-state index contributed by atoms with van der Waals surface area (Å²) in [6, 6.07) is 8.09. The molecule has 5 nitrogen and oxygen atoms in total. The van der Waals surface area contributed by atoms with Crippen molar-refractivity contribution < 1.29 is 9.53 Å². The Labute approximate surface area is 178 Å². The molecule has 0 aliphatic heterocycles. The van der Waals surface area contributed by atoms with Crippen LogP contribution < -0.4 is 5.56 Å². The first-order valence-corrected chi connectivity index (χ1v) is 11.3.